The summed E-state index contributed by atoms with van der Waals surface area (Å²) in [6, 6.07) is 14.3. The zero-order chi connectivity index (χ0) is 17.6. The summed E-state index contributed by atoms with van der Waals surface area (Å²) in [5.74, 6) is 1.61. The van der Waals surface area contributed by atoms with Crippen LogP contribution < -0.4 is 14.8 Å². The molecule has 2 aromatic carbocycles. The van der Waals surface area contributed by atoms with Gasteiger partial charge in [0.1, 0.15) is 13.2 Å². The molecule has 0 spiro atoms. The Kier molecular flexibility index (Phi) is 5.59. The standard InChI is InChI=1S/C21H25NO3/c1-3-16-4-8-18(9-5-16)15(2)22-21(23)11-7-17-6-10-19-20(14-17)25-13-12-24-19/h4-6,8-10,14-15H,3,7,11-13H2,1-2H3,(H,22,23)/t15-/m1/s1. The summed E-state index contributed by atoms with van der Waals surface area (Å²) >= 11 is 0. The number of rotatable bonds is 6. The highest BCUT2D eigenvalue weighted by atomic mass is 16.6. The van der Waals surface area contributed by atoms with Crippen molar-refractivity contribution in [1.82, 2.24) is 5.32 Å². The van der Waals surface area contributed by atoms with Crippen molar-refractivity contribution in [1.29, 1.82) is 0 Å². The first-order valence-corrected chi connectivity index (χ1v) is 8.92. The van der Waals surface area contributed by atoms with Crippen molar-refractivity contribution in [3.63, 3.8) is 0 Å². The predicted molar refractivity (Wildman–Crippen MR) is 98.1 cm³/mol. The van der Waals surface area contributed by atoms with Crippen LogP contribution in [-0.2, 0) is 17.6 Å². The second kappa shape index (κ2) is 8.06. The predicted octanol–water partition coefficient (Wildman–Crippen LogP) is 3.83. The fourth-order valence-corrected chi connectivity index (χ4v) is 2.94. The zero-order valence-electron chi connectivity index (χ0n) is 14.9. The first kappa shape index (κ1) is 17.3. The smallest absolute Gasteiger partial charge is 0.220 e. The maximum atomic E-state index is 12.2. The van der Waals surface area contributed by atoms with Crippen molar-refractivity contribution in [3.8, 4) is 11.5 Å². The molecule has 25 heavy (non-hydrogen) atoms. The number of amides is 1. The Bertz CT molecular complexity index is 724. The molecule has 0 bridgehead atoms. The number of nitrogens with one attached hydrogen (secondary N) is 1. The van der Waals surface area contributed by atoms with E-state index >= 15 is 0 Å². The number of carbonyl (C=O) groups excluding carboxylic acids is 1. The van der Waals surface area contributed by atoms with E-state index in [9.17, 15) is 4.79 Å². The summed E-state index contributed by atoms with van der Waals surface area (Å²) < 4.78 is 11.1. The van der Waals surface area contributed by atoms with Crippen LogP contribution in [-0.4, -0.2) is 19.1 Å². The number of hydrogen-bond acceptors (Lipinski definition) is 3. The number of fused-ring (bicyclic) bond motifs is 1. The number of hydrogen-bond donors (Lipinski definition) is 1. The summed E-state index contributed by atoms with van der Waals surface area (Å²) in [5.41, 5.74) is 3.52. The van der Waals surface area contributed by atoms with Crippen molar-refractivity contribution >= 4 is 5.91 Å². The van der Waals surface area contributed by atoms with Gasteiger partial charge in [0.05, 0.1) is 6.04 Å². The van der Waals surface area contributed by atoms with Gasteiger partial charge in [0.25, 0.3) is 0 Å². The van der Waals surface area contributed by atoms with Crippen LogP contribution in [0.5, 0.6) is 11.5 Å². The van der Waals surface area contributed by atoms with Crippen LogP contribution in [0, 0.1) is 0 Å². The van der Waals surface area contributed by atoms with Gasteiger partial charge >= 0.3 is 0 Å². The molecule has 4 heteroatoms. The molecule has 1 amide bonds. The van der Waals surface area contributed by atoms with Gasteiger partial charge in [-0.15, -0.1) is 0 Å². The molecule has 4 nitrogen and oxygen atoms in total. The van der Waals surface area contributed by atoms with Crippen LogP contribution in [0.15, 0.2) is 42.5 Å². The summed E-state index contributed by atoms with van der Waals surface area (Å²) in [7, 11) is 0. The minimum atomic E-state index is 0.0127. The molecule has 1 aliphatic rings. The third-order valence-corrected chi connectivity index (χ3v) is 4.51. The maximum Gasteiger partial charge on any atom is 0.220 e. The highest BCUT2D eigenvalue weighted by molar-refractivity contribution is 5.76. The Labute approximate surface area is 149 Å². The van der Waals surface area contributed by atoms with Crippen molar-refractivity contribution in [2.24, 2.45) is 0 Å². The quantitative estimate of drug-likeness (QED) is 0.870. The van der Waals surface area contributed by atoms with Crippen LogP contribution >= 0.6 is 0 Å². The van der Waals surface area contributed by atoms with Gasteiger partial charge in [-0.2, -0.15) is 0 Å². The second-order valence-electron chi connectivity index (χ2n) is 6.36. The van der Waals surface area contributed by atoms with E-state index in [0.717, 1.165) is 29.0 Å². The average Bonchev–Trinajstić information content (AvgIpc) is 2.66. The Hall–Kier alpha value is -2.49. The molecular formula is C21H25NO3. The van der Waals surface area contributed by atoms with Gasteiger partial charge < -0.3 is 14.8 Å². The lowest BCUT2D eigenvalue weighted by atomic mass is 10.0. The van der Waals surface area contributed by atoms with Crippen molar-refractivity contribution in [2.45, 2.75) is 39.2 Å². The van der Waals surface area contributed by atoms with Crippen LogP contribution in [0.3, 0.4) is 0 Å². The maximum absolute atomic E-state index is 12.2. The van der Waals surface area contributed by atoms with E-state index in [1.54, 1.807) is 0 Å². The third-order valence-electron chi connectivity index (χ3n) is 4.51. The fourth-order valence-electron chi connectivity index (χ4n) is 2.94. The van der Waals surface area contributed by atoms with Gasteiger partial charge in [-0.05, 0) is 48.6 Å². The molecule has 3 rings (SSSR count). The van der Waals surface area contributed by atoms with Gasteiger partial charge in [0.15, 0.2) is 11.5 Å². The highest BCUT2D eigenvalue weighted by Crippen LogP contribution is 2.31. The van der Waals surface area contributed by atoms with Crippen molar-refractivity contribution < 1.29 is 14.3 Å². The van der Waals surface area contributed by atoms with E-state index in [2.05, 4.69) is 36.5 Å². The van der Waals surface area contributed by atoms with Gasteiger partial charge in [-0.1, -0.05) is 37.3 Å². The highest BCUT2D eigenvalue weighted by Gasteiger charge is 2.13. The molecule has 0 radical (unpaired) electrons. The Morgan fingerprint density at radius 3 is 2.44 bits per heavy atom. The number of benzene rings is 2. The minimum absolute atomic E-state index is 0.0127. The number of ether oxygens (including phenoxy) is 2. The van der Waals surface area contributed by atoms with E-state index < -0.39 is 0 Å². The lowest BCUT2D eigenvalue weighted by molar-refractivity contribution is -0.121. The fraction of sp³-hybridized carbons (Fsp3) is 0.381. The molecule has 0 aromatic heterocycles. The monoisotopic (exact) mass is 339 g/mol. The van der Waals surface area contributed by atoms with Gasteiger partial charge in [-0.25, -0.2) is 0 Å². The molecule has 1 atom stereocenters. The summed E-state index contributed by atoms with van der Waals surface area (Å²) in [6.07, 6.45) is 2.16. The van der Waals surface area contributed by atoms with E-state index in [4.69, 9.17) is 9.47 Å². The van der Waals surface area contributed by atoms with Gasteiger partial charge in [-0.3, -0.25) is 4.79 Å². The molecule has 0 saturated heterocycles. The summed E-state index contributed by atoms with van der Waals surface area (Å²) in [4.78, 5) is 12.2. The van der Waals surface area contributed by atoms with E-state index in [0.29, 0.717) is 26.1 Å². The largest absolute Gasteiger partial charge is 0.486 e. The van der Waals surface area contributed by atoms with Crippen LogP contribution in [0.1, 0.15) is 43.0 Å². The molecule has 0 fully saturated rings. The van der Waals surface area contributed by atoms with E-state index in [-0.39, 0.29) is 11.9 Å². The molecule has 1 aliphatic heterocycles. The SMILES string of the molecule is CCc1ccc([C@@H](C)NC(=O)CCc2ccc3c(c2)OCCO3)cc1. The molecule has 0 aliphatic carbocycles. The summed E-state index contributed by atoms with van der Waals surface area (Å²) in [6.45, 7) is 5.32. The minimum Gasteiger partial charge on any atom is -0.486 e. The zero-order valence-corrected chi connectivity index (χ0v) is 14.9. The van der Waals surface area contributed by atoms with Crippen molar-refractivity contribution in [3.05, 3.63) is 59.2 Å². The molecule has 132 valence electrons. The lowest BCUT2D eigenvalue weighted by Gasteiger charge is -2.19. The summed E-state index contributed by atoms with van der Waals surface area (Å²) in [5, 5.41) is 3.07. The van der Waals surface area contributed by atoms with Gasteiger partial charge in [0.2, 0.25) is 5.91 Å². The molecule has 2 aromatic rings. The Morgan fingerprint density at radius 1 is 1.04 bits per heavy atom. The third kappa shape index (κ3) is 4.53. The van der Waals surface area contributed by atoms with E-state index in [1.807, 2.05) is 25.1 Å². The van der Waals surface area contributed by atoms with Crippen LogP contribution in [0.2, 0.25) is 0 Å². The normalized spacial score (nSPS) is 14.0. The second-order valence-corrected chi connectivity index (χ2v) is 6.36. The van der Waals surface area contributed by atoms with Gasteiger partial charge in [0, 0.05) is 6.42 Å². The molecule has 0 saturated carbocycles. The van der Waals surface area contributed by atoms with Crippen LogP contribution in [0.25, 0.3) is 0 Å². The van der Waals surface area contributed by atoms with Crippen LogP contribution in [0.4, 0.5) is 0 Å². The molecular weight excluding hydrogens is 314 g/mol. The molecule has 1 N–H and O–H groups in total. The molecule has 1 heterocycles. The average molecular weight is 339 g/mol. The van der Waals surface area contributed by atoms with Crippen molar-refractivity contribution in [2.75, 3.05) is 13.2 Å². The number of aryl methyl sites for hydroxylation is 2. The molecule has 0 unspecified atom stereocenters. The lowest BCUT2D eigenvalue weighted by Crippen LogP contribution is -2.26. The Morgan fingerprint density at radius 2 is 1.72 bits per heavy atom. The topological polar surface area (TPSA) is 47.6 Å². The first-order valence-electron chi connectivity index (χ1n) is 8.92. The van der Waals surface area contributed by atoms with E-state index in [1.165, 1.54) is 5.56 Å². The number of carbonyl (C=O) groups is 1. The first-order chi connectivity index (χ1) is 12.2. The Balaban J connectivity index is 1.52.